The Bertz CT molecular complexity index is 4080. The Kier molecular flexibility index (Phi) is 7.74. The summed E-state index contributed by atoms with van der Waals surface area (Å²) in [4.78, 5) is 0. The van der Waals surface area contributed by atoms with Gasteiger partial charge in [0.2, 0.25) is 0 Å². The highest BCUT2D eigenvalue weighted by atomic mass is 15.0. The summed E-state index contributed by atoms with van der Waals surface area (Å²) in [6, 6.07) is 83.3. The van der Waals surface area contributed by atoms with Gasteiger partial charge in [0.1, 0.15) is 0 Å². The molecule has 0 saturated heterocycles. The zero-order chi connectivity index (χ0) is 43.7. The monoisotopic (exact) mass is 841 g/mol. The van der Waals surface area contributed by atoms with E-state index in [0.717, 1.165) is 11.4 Å². The molecule has 3 heterocycles. The summed E-state index contributed by atoms with van der Waals surface area (Å²) < 4.78 is 7.31. The summed E-state index contributed by atoms with van der Waals surface area (Å²) in [5.74, 6) is 0. The van der Waals surface area contributed by atoms with Crippen molar-refractivity contribution >= 4 is 65.4 Å². The van der Waals surface area contributed by atoms with Gasteiger partial charge in [-0.15, -0.1) is 0 Å². The van der Waals surface area contributed by atoms with Crippen LogP contribution in [0.2, 0.25) is 0 Å². The van der Waals surface area contributed by atoms with Gasteiger partial charge in [0, 0.05) is 54.8 Å². The number of rotatable bonds is 5. The lowest BCUT2D eigenvalue weighted by Crippen LogP contribution is -2.15. The second-order valence-electron chi connectivity index (χ2n) is 18.5. The van der Waals surface area contributed by atoms with E-state index < -0.39 is 0 Å². The third-order valence-corrected chi connectivity index (χ3v) is 14.6. The molecule has 3 nitrogen and oxygen atoms in total. The summed E-state index contributed by atoms with van der Waals surface area (Å²) in [6.07, 6.45) is 0. The van der Waals surface area contributed by atoms with Gasteiger partial charge in [-0.3, -0.25) is 0 Å². The van der Waals surface area contributed by atoms with Gasteiger partial charge < -0.3 is 13.7 Å². The summed E-state index contributed by atoms with van der Waals surface area (Å²) in [5, 5.41) is 7.48. The van der Waals surface area contributed by atoms with Crippen LogP contribution in [-0.2, 0) is 5.41 Å². The fraction of sp³-hybridized carbons (Fsp3) is 0.0476. The minimum Gasteiger partial charge on any atom is -0.309 e. The van der Waals surface area contributed by atoms with Crippen LogP contribution in [0.25, 0.3) is 116 Å². The van der Waals surface area contributed by atoms with Crippen LogP contribution in [-0.4, -0.2) is 13.7 Å². The third kappa shape index (κ3) is 5.26. The molecule has 0 aliphatic heterocycles. The van der Waals surface area contributed by atoms with E-state index in [1.54, 1.807) is 0 Å². The molecule has 0 amide bonds. The second kappa shape index (κ2) is 13.8. The molecule has 0 atom stereocenters. The van der Waals surface area contributed by atoms with Crippen molar-refractivity contribution in [2.75, 3.05) is 0 Å². The van der Waals surface area contributed by atoms with Crippen LogP contribution >= 0.6 is 0 Å². The fourth-order valence-corrected chi connectivity index (χ4v) is 11.5. The van der Waals surface area contributed by atoms with Crippen LogP contribution in [0.15, 0.2) is 224 Å². The van der Waals surface area contributed by atoms with Gasteiger partial charge >= 0.3 is 0 Å². The Hall–Kier alpha value is -8.40. The van der Waals surface area contributed by atoms with Crippen LogP contribution in [0, 0.1) is 0 Å². The molecular weight excluding hydrogens is 799 g/mol. The topological polar surface area (TPSA) is 14.8 Å². The van der Waals surface area contributed by atoms with E-state index in [0.29, 0.717) is 0 Å². The number of hydrogen-bond acceptors (Lipinski definition) is 0. The number of benzene rings is 10. The van der Waals surface area contributed by atoms with Crippen molar-refractivity contribution in [2.45, 2.75) is 19.3 Å². The van der Waals surface area contributed by atoms with Gasteiger partial charge in [-0.05, 0) is 136 Å². The quantitative estimate of drug-likeness (QED) is 0.164. The molecule has 3 heteroatoms. The Morgan fingerprint density at radius 1 is 0.258 bits per heavy atom. The molecule has 3 aromatic heterocycles. The van der Waals surface area contributed by atoms with Gasteiger partial charge in [-0.25, -0.2) is 0 Å². The van der Waals surface area contributed by atoms with E-state index in [4.69, 9.17) is 0 Å². The lowest BCUT2D eigenvalue weighted by molar-refractivity contribution is 0.660. The zero-order valence-corrected chi connectivity index (χ0v) is 36.7. The first-order valence-corrected chi connectivity index (χ1v) is 23.0. The molecule has 0 saturated carbocycles. The molecule has 310 valence electrons. The molecule has 0 fully saturated rings. The van der Waals surface area contributed by atoms with Crippen molar-refractivity contribution in [3.8, 4) is 50.4 Å². The largest absolute Gasteiger partial charge is 0.309 e. The SMILES string of the molecule is CC1(C)c2ccccc2-c2ccc(-n3c4ccccc4c4cc(-c5cc(-c6ccc7c(c6)c6ccccc6n7-c6ccccc6)cc(-n6c7ccccc7c7ccccc76)c5)ccc43)cc21. The summed E-state index contributed by atoms with van der Waals surface area (Å²) in [5.41, 5.74) is 20.8. The first kappa shape index (κ1) is 37.0. The van der Waals surface area contributed by atoms with Crippen molar-refractivity contribution in [2.24, 2.45) is 0 Å². The molecule has 10 aromatic carbocycles. The number of aromatic nitrogens is 3. The molecule has 66 heavy (non-hydrogen) atoms. The molecule has 14 rings (SSSR count). The Morgan fingerprint density at radius 2 is 0.682 bits per heavy atom. The van der Waals surface area contributed by atoms with Crippen molar-refractivity contribution in [3.05, 3.63) is 236 Å². The van der Waals surface area contributed by atoms with E-state index in [2.05, 4.69) is 252 Å². The van der Waals surface area contributed by atoms with Crippen LogP contribution in [0.4, 0.5) is 0 Å². The predicted octanol–water partition coefficient (Wildman–Crippen LogP) is 16.6. The Balaban J connectivity index is 0.988. The normalized spacial score (nSPS) is 13.1. The molecule has 0 unspecified atom stereocenters. The highest BCUT2D eigenvalue weighted by Gasteiger charge is 2.35. The first-order valence-electron chi connectivity index (χ1n) is 23.0. The lowest BCUT2D eigenvalue weighted by atomic mass is 9.82. The molecule has 0 N–H and O–H groups in total. The van der Waals surface area contributed by atoms with Crippen molar-refractivity contribution in [3.63, 3.8) is 0 Å². The van der Waals surface area contributed by atoms with Crippen LogP contribution in [0.5, 0.6) is 0 Å². The Labute approximate surface area is 382 Å². The van der Waals surface area contributed by atoms with Crippen LogP contribution < -0.4 is 0 Å². The van der Waals surface area contributed by atoms with Crippen molar-refractivity contribution in [1.29, 1.82) is 0 Å². The molecule has 0 bridgehead atoms. The maximum absolute atomic E-state index is 2.47. The zero-order valence-electron chi connectivity index (χ0n) is 36.7. The minimum absolute atomic E-state index is 0.0869. The number of hydrogen-bond donors (Lipinski definition) is 0. The molecular formula is C63H43N3. The predicted molar refractivity (Wildman–Crippen MR) is 278 cm³/mol. The van der Waals surface area contributed by atoms with Gasteiger partial charge in [0.15, 0.2) is 0 Å². The smallest absolute Gasteiger partial charge is 0.0541 e. The van der Waals surface area contributed by atoms with Gasteiger partial charge in [0.05, 0.1) is 33.1 Å². The van der Waals surface area contributed by atoms with E-state index >= 15 is 0 Å². The minimum atomic E-state index is -0.0869. The van der Waals surface area contributed by atoms with Gasteiger partial charge in [-0.2, -0.15) is 0 Å². The van der Waals surface area contributed by atoms with Crippen LogP contribution in [0.1, 0.15) is 25.0 Å². The van der Waals surface area contributed by atoms with Gasteiger partial charge in [-0.1, -0.05) is 147 Å². The fourth-order valence-electron chi connectivity index (χ4n) is 11.5. The average Bonchev–Trinajstić information content (AvgIpc) is 4.07. The van der Waals surface area contributed by atoms with E-state index in [9.17, 15) is 0 Å². The molecule has 0 radical (unpaired) electrons. The Morgan fingerprint density at radius 3 is 1.24 bits per heavy atom. The molecule has 0 spiro atoms. The highest BCUT2D eigenvalue weighted by Crippen LogP contribution is 2.50. The van der Waals surface area contributed by atoms with E-state index in [1.807, 2.05) is 0 Å². The number of para-hydroxylation sites is 5. The maximum atomic E-state index is 2.47. The summed E-state index contributed by atoms with van der Waals surface area (Å²) in [6.45, 7) is 4.73. The number of nitrogens with zero attached hydrogens (tertiary/aromatic N) is 3. The lowest BCUT2D eigenvalue weighted by Gasteiger charge is -2.22. The summed E-state index contributed by atoms with van der Waals surface area (Å²) in [7, 11) is 0. The first-order chi connectivity index (χ1) is 32.5. The summed E-state index contributed by atoms with van der Waals surface area (Å²) >= 11 is 0. The molecule has 1 aliphatic carbocycles. The molecule has 13 aromatic rings. The van der Waals surface area contributed by atoms with Crippen LogP contribution in [0.3, 0.4) is 0 Å². The van der Waals surface area contributed by atoms with Crippen molar-refractivity contribution < 1.29 is 0 Å². The second-order valence-corrected chi connectivity index (χ2v) is 18.5. The van der Waals surface area contributed by atoms with E-state index in [-0.39, 0.29) is 5.41 Å². The highest BCUT2D eigenvalue weighted by molar-refractivity contribution is 6.13. The maximum Gasteiger partial charge on any atom is 0.0541 e. The molecule has 1 aliphatic rings. The standard InChI is InChI=1S/C63H43N3/c1-63(2)55-23-11-6-18-47(55)48-31-30-45(39-56(48)63)65-60-27-15-10-22-52(60)54-38-41(29-33-62(54)65)43-34-42(35-46(36-43)66-57-24-12-7-19-49(57)50-20-8-13-25-58(50)66)40-28-32-61-53(37-40)51-21-9-14-26-59(51)64(61)44-16-4-3-5-17-44/h3-39H,1-2H3. The average molecular weight is 842 g/mol. The van der Waals surface area contributed by atoms with Gasteiger partial charge in [0.25, 0.3) is 0 Å². The van der Waals surface area contributed by atoms with Crippen molar-refractivity contribution in [1.82, 2.24) is 13.7 Å². The van der Waals surface area contributed by atoms with E-state index in [1.165, 1.54) is 116 Å². The third-order valence-electron chi connectivity index (χ3n) is 14.6. The number of fused-ring (bicyclic) bond motifs is 12.